The fourth-order valence-corrected chi connectivity index (χ4v) is 4.93. The fraction of sp³-hybridized carbons (Fsp3) is 0.609. The van der Waals surface area contributed by atoms with E-state index in [0.29, 0.717) is 23.0 Å². The van der Waals surface area contributed by atoms with Crippen molar-refractivity contribution in [3.8, 4) is 0 Å². The standard InChI is InChI=1S/C23H32N2O5S/c1-25(17-8-3-2-4-9-17)22(27)16-31-20-12-6-5-11-19(20)23(28)30-15-21(26)24-14-18-10-7-13-29-18/h5-6,11-12,17-18H,2-4,7-10,13-16H2,1H3,(H,24,26)/t18-/m1/s1. The van der Waals surface area contributed by atoms with E-state index in [-0.39, 0.29) is 30.3 Å². The molecule has 0 bridgehead atoms. The third-order valence-electron chi connectivity index (χ3n) is 5.86. The third kappa shape index (κ3) is 7.25. The van der Waals surface area contributed by atoms with Crippen LogP contribution in [-0.4, -0.2) is 67.4 Å². The van der Waals surface area contributed by atoms with Crippen LogP contribution in [0.1, 0.15) is 55.3 Å². The summed E-state index contributed by atoms with van der Waals surface area (Å²) in [5.41, 5.74) is 0.368. The van der Waals surface area contributed by atoms with E-state index in [9.17, 15) is 14.4 Å². The second-order valence-electron chi connectivity index (χ2n) is 8.10. The first kappa shape index (κ1) is 23.6. The Morgan fingerprint density at radius 2 is 1.90 bits per heavy atom. The number of amides is 2. The summed E-state index contributed by atoms with van der Waals surface area (Å²) < 4.78 is 10.7. The second kappa shape index (κ2) is 12.1. The Labute approximate surface area is 188 Å². The predicted octanol–water partition coefficient (Wildman–Crippen LogP) is 3.02. The Kier molecular flexibility index (Phi) is 9.21. The van der Waals surface area contributed by atoms with Gasteiger partial charge in [0.05, 0.1) is 17.4 Å². The van der Waals surface area contributed by atoms with Gasteiger partial charge in [0.25, 0.3) is 5.91 Å². The molecule has 1 aromatic carbocycles. The summed E-state index contributed by atoms with van der Waals surface area (Å²) in [4.78, 5) is 39.6. The van der Waals surface area contributed by atoms with Crippen LogP contribution in [0.3, 0.4) is 0 Å². The van der Waals surface area contributed by atoms with Gasteiger partial charge in [0.15, 0.2) is 6.61 Å². The lowest BCUT2D eigenvalue weighted by atomic mass is 9.94. The van der Waals surface area contributed by atoms with Gasteiger partial charge in [-0.1, -0.05) is 31.4 Å². The lowest BCUT2D eigenvalue weighted by molar-refractivity contribution is -0.129. The number of carbonyl (C=O) groups is 3. The van der Waals surface area contributed by atoms with Crippen molar-refractivity contribution in [2.75, 3.05) is 32.6 Å². The first-order chi connectivity index (χ1) is 15.0. The molecule has 0 aromatic heterocycles. The SMILES string of the molecule is CN(C(=O)CSc1ccccc1C(=O)OCC(=O)NC[C@H]1CCCO1)C1CCCCC1. The molecular formula is C23H32N2O5S. The van der Waals surface area contributed by atoms with Gasteiger partial charge >= 0.3 is 5.97 Å². The molecule has 1 N–H and O–H groups in total. The molecule has 1 saturated carbocycles. The minimum Gasteiger partial charge on any atom is -0.452 e. The van der Waals surface area contributed by atoms with Crippen LogP contribution in [-0.2, 0) is 19.1 Å². The number of hydrogen-bond acceptors (Lipinski definition) is 6. The first-order valence-electron chi connectivity index (χ1n) is 11.1. The van der Waals surface area contributed by atoms with Crippen LogP contribution >= 0.6 is 11.8 Å². The quantitative estimate of drug-likeness (QED) is 0.462. The Morgan fingerprint density at radius 1 is 1.13 bits per heavy atom. The molecule has 1 aliphatic carbocycles. The van der Waals surface area contributed by atoms with Crippen molar-refractivity contribution in [2.24, 2.45) is 0 Å². The zero-order valence-corrected chi connectivity index (χ0v) is 19.0. The van der Waals surface area contributed by atoms with Gasteiger partial charge in [-0.15, -0.1) is 11.8 Å². The van der Waals surface area contributed by atoms with Crippen LogP contribution in [0.25, 0.3) is 0 Å². The maximum absolute atomic E-state index is 12.6. The highest BCUT2D eigenvalue weighted by atomic mass is 32.2. The average Bonchev–Trinajstić information content (AvgIpc) is 3.33. The summed E-state index contributed by atoms with van der Waals surface area (Å²) in [7, 11) is 1.87. The molecule has 1 saturated heterocycles. The molecule has 2 amide bonds. The molecule has 3 rings (SSSR count). The van der Waals surface area contributed by atoms with Gasteiger partial charge in [-0.25, -0.2) is 4.79 Å². The third-order valence-corrected chi connectivity index (χ3v) is 6.92. The van der Waals surface area contributed by atoms with E-state index in [1.54, 1.807) is 18.2 Å². The summed E-state index contributed by atoms with van der Waals surface area (Å²) in [6.07, 6.45) is 7.69. The van der Waals surface area contributed by atoms with E-state index < -0.39 is 5.97 Å². The van der Waals surface area contributed by atoms with Gasteiger partial charge in [0.2, 0.25) is 5.91 Å². The summed E-state index contributed by atoms with van der Waals surface area (Å²) in [5.74, 6) is -0.589. The molecule has 1 aromatic rings. The Balaban J connectivity index is 1.46. The summed E-state index contributed by atoms with van der Waals surface area (Å²) >= 11 is 1.33. The van der Waals surface area contributed by atoms with Crippen LogP contribution < -0.4 is 5.32 Å². The van der Waals surface area contributed by atoms with E-state index in [1.165, 1.54) is 31.0 Å². The molecule has 1 heterocycles. The number of thioether (sulfide) groups is 1. The molecule has 1 atom stereocenters. The molecule has 0 unspecified atom stereocenters. The van der Waals surface area contributed by atoms with Crippen LogP contribution in [0, 0.1) is 0 Å². The predicted molar refractivity (Wildman–Crippen MR) is 119 cm³/mol. The molecule has 2 aliphatic rings. The highest BCUT2D eigenvalue weighted by Crippen LogP contribution is 2.26. The van der Waals surface area contributed by atoms with Gasteiger partial charge in [0.1, 0.15) is 0 Å². The number of nitrogens with zero attached hydrogens (tertiary/aromatic N) is 1. The summed E-state index contributed by atoms with van der Waals surface area (Å²) in [6.45, 7) is 0.816. The van der Waals surface area contributed by atoms with E-state index in [4.69, 9.17) is 9.47 Å². The monoisotopic (exact) mass is 448 g/mol. The lowest BCUT2D eigenvalue weighted by Crippen LogP contribution is -2.39. The molecule has 7 nitrogen and oxygen atoms in total. The largest absolute Gasteiger partial charge is 0.452 e. The van der Waals surface area contributed by atoms with Gasteiger partial charge in [-0.2, -0.15) is 0 Å². The molecule has 1 aliphatic heterocycles. The Hall–Kier alpha value is -2.06. The normalized spacial score (nSPS) is 19.1. The smallest absolute Gasteiger partial charge is 0.339 e. The number of esters is 1. The van der Waals surface area contributed by atoms with Crippen molar-refractivity contribution in [1.82, 2.24) is 10.2 Å². The molecule has 170 valence electrons. The van der Waals surface area contributed by atoms with Crippen molar-refractivity contribution in [3.05, 3.63) is 29.8 Å². The van der Waals surface area contributed by atoms with Crippen molar-refractivity contribution in [3.63, 3.8) is 0 Å². The number of carbonyl (C=O) groups excluding carboxylic acids is 3. The van der Waals surface area contributed by atoms with Crippen molar-refractivity contribution < 1.29 is 23.9 Å². The van der Waals surface area contributed by atoms with Crippen molar-refractivity contribution >= 4 is 29.5 Å². The van der Waals surface area contributed by atoms with E-state index in [2.05, 4.69) is 5.32 Å². The van der Waals surface area contributed by atoms with Gasteiger partial charge < -0.3 is 19.7 Å². The highest BCUT2D eigenvalue weighted by molar-refractivity contribution is 8.00. The molecule has 8 heteroatoms. The summed E-state index contributed by atoms with van der Waals surface area (Å²) in [6, 6.07) is 7.34. The summed E-state index contributed by atoms with van der Waals surface area (Å²) in [5, 5.41) is 2.73. The molecule has 0 spiro atoms. The van der Waals surface area contributed by atoms with Gasteiger partial charge in [-0.05, 0) is 37.8 Å². The van der Waals surface area contributed by atoms with E-state index in [1.807, 2.05) is 18.0 Å². The minimum atomic E-state index is -0.566. The van der Waals surface area contributed by atoms with Crippen molar-refractivity contribution in [2.45, 2.75) is 62.0 Å². The maximum Gasteiger partial charge on any atom is 0.339 e. The van der Waals surface area contributed by atoms with Gasteiger partial charge in [0, 0.05) is 31.1 Å². The van der Waals surface area contributed by atoms with Gasteiger partial charge in [-0.3, -0.25) is 9.59 Å². The first-order valence-corrected chi connectivity index (χ1v) is 12.1. The van der Waals surface area contributed by atoms with Crippen molar-refractivity contribution in [1.29, 1.82) is 0 Å². The zero-order valence-electron chi connectivity index (χ0n) is 18.1. The Bertz CT molecular complexity index is 760. The topological polar surface area (TPSA) is 84.9 Å². The lowest BCUT2D eigenvalue weighted by Gasteiger charge is -2.31. The van der Waals surface area contributed by atoms with Crippen LogP contribution in [0.2, 0.25) is 0 Å². The molecule has 2 fully saturated rings. The van der Waals surface area contributed by atoms with E-state index >= 15 is 0 Å². The molecule has 31 heavy (non-hydrogen) atoms. The number of nitrogens with one attached hydrogen (secondary N) is 1. The van der Waals surface area contributed by atoms with E-state index in [0.717, 1.165) is 32.3 Å². The number of hydrogen-bond donors (Lipinski definition) is 1. The second-order valence-corrected chi connectivity index (χ2v) is 9.11. The van der Waals surface area contributed by atoms with Crippen LogP contribution in [0.15, 0.2) is 29.2 Å². The number of rotatable bonds is 9. The number of benzene rings is 1. The molecule has 0 radical (unpaired) electrons. The number of ether oxygens (including phenoxy) is 2. The fourth-order valence-electron chi connectivity index (χ4n) is 3.97. The van der Waals surface area contributed by atoms with Crippen LogP contribution in [0.5, 0.6) is 0 Å². The minimum absolute atomic E-state index is 0.0426. The molecular weight excluding hydrogens is 416 g/mol. The maximum atomic E-state index is 12.6. The zero-order chi connectivity index (χ0) is 22.1. The average molecular weight is 449 g/mol. The van der Waals surface area contributed by atoms with Crippen LogP contribution in [0.4, 0.5) is 0 Å². The Morgan fingerprint density at radius 3 is 2.65 bits per heavy atom. The highest BCUT2D eigenvalue weighted by Gasteiger charge is 2.23.